The van der Waals surface area contributed by atoms with E-state index in [4.69, 9.17) is 19.3 Å². The molecule has 4 aromatic rings. The number of unbranched alkanes of at least 4 members (excludes halogenated alkanes) is 1. The van der Waals surface area contributed by atoms with E-state index in [1.807, 2.05) is 6.92 Å². The molecule has 10 nitrogen and oxygen atoms in total. The SMILES string of the molecule is CCOc1cc2c(Oc3ccc(NC(=O)C4(C(=O)Nc5ccc(F)cc5)CC4)cc3F)ccnc2cc1OCCCCC(=O)O. The van der Waals surface area contributed by atoms with Gasteiger partial charge in [0.2, 0.25) is 11.8 Å². The molecule has 0 saturated heterocycles. The number of nitrogens with zero attached hydrogens (tertiary/aromatic N) is 1. The Balaban J connectivity index is 1.27. The van der Waals surface area contributed by atoms with Gasteiger partial charge in [-0.05, 0) is 81.1 Å². The molecule has 0 radical (unpaired) electrons. The summed E-state index contributed by atoms with van der Waals surface area (Å²) in [7, 11) is 0. The minimum atomic E-state index is -1.30. The van der Waals surface area contributed by atoms with E-state index in [0.717, 1.165) is 6.07 Å². The van der Waals surface area contributed by atoms with E-state index in [2.05, 4.69) is 15.6 Å². The van der Waals surface area contributed by atoms with Crippen LogP contribution in [0, 0.1) is 17.0 Å². The minimum Gasteiger partial charge on any atom is -0.490 e. The summed E-state index contributed by atoms with van der Waals surface area (Å²) in [4.78, 5) is 41.0. The van der Waals surface area contributed by atoms with Crippen molar-refractivity contribution < 1.29 is 42.5 Å². The number of pyridine rings is 1. The van der Waals surface area contributed by atoms with Gasteiger partial charge in [-0.25, -0.2) is 8.78 Å². The van der Waals surface area contributed by atoms with Gasteiger partial charge in [0.15, 0.2) is 23.1 Å². The third-order valence-corrected chi connectivity index (χ3v) is 7.24. The maximum absolute atomic E-state index is 15.2. The lowest BCUT2D eigenvalue weighted by Gasteiger charge is -2.16. The first kappa shape index (κ1) is 31.2. The standard InChI is InChI=1S/C33H31F2N3O7/c1-2-43-28-18-23-25(19-29(28)44-16-4-3-5-30(39)40)36-15-12-26(23)45-27-11-10-22(17-24(27)35)38-32(42)33(13-14-33)31(41)37-21-8-6-20(34)7-9-21/h6-12,15,17-19H,2-5,13-14,16H2,1H3,(H,37,41)(H,38,42)(H,39,40). The van der Waals surface area contributed by atoms with Crippen LogP contribution in [-0.4, -0.2) is 41.1 Å². The summed E-state index contributed by atoms with van der Waals surface area (Å²) in [5.74, 6) is -2.08. The zero-order valence-electron chi connectivity index (χ0n) is 24.4. The number of amides is 2. The van der Waals surface area contributed by atoms with Gasteiger partial charge < -0.3 is 30.0 Å². The highest BCUT2D eigenvalue weighted by molar-refractivity contribution is 6.16. The van der Waals surface area contributed by atoms with E-state index < -0.39 is 34.8 Å². The minimum absolute atomic E-state index is 0.0579. The Bertz CT molecular complexity index is 1730. The van der Waals surface area contributed by atoms with Crippen molar-refractivity contribution in [1.29, 1.82) is 0 Å². The molecular weight excluding hydrogens is 588 g/mol. The number of anilines is 2. The highest BCUT2D eigenvalue weighted by atomic mass is 19.1. The number of carbonyl (C=O) groups excluding carboxylic acids is 2. The normalized spacial score (nSPS) is 13.1. The first-order chi connectivity index (χ1) is 21.7. The summed E-state index contributed by atoms with van der Waals surface area (Å²) >= 11 is 0. The van der Waals surface area contributed by atoms with Gasteiger partial charge in [0, 0.05) is 41.5 Å². The molecule has 3 aromatic carbocycles. The van der Waals surface area contributed by atoms with Crippen molar-refractivity contribution in [2.24, 2.45) is 5.41 Å². The zero-order chi connectivity index (χ0) is 32.0. The lowest BCUT2D eigenvalue weighted by Crippen LogP contribution is -2.35. The summed E-state index contributed by atoms with van der Waals surface area (Å²) < 4.78 is 45.9. The Morgan fingerprint density at radius 3 is 2.20 bits per heavy atom. The Labute approximate surface area is 257 Å². The first-order valence-corrected chi connectivity index (χ1v) is 14.4. The van der Waals surface area contributed by atoms with Crippen LogP contribution in [0.15, 0.2) is 66.9 Å². The molecule has 0 atom stereocenters. The fraction of sp³-hybridized carbons (Fsp3) is 0.273. The summed E-state index contributed by atoms with van der Waals surface area (Å²) in [6, 6.07) is 14.1. The maximum atomic E-state index is 15.2. The van der Waals surface area contributed by atoms with Crippen molar-refractivity contribution in [1.82, 2.24) is 4.98 Å². The highest BCUT2D eigenvalue weighted by Crippen LogP contribution is 2.47. The van der Waals surface area contributed by atoms with Crippen molar-refractivity contribution in [3.63, 3.8) is 0 Å². The summed E-state index contributed by atoms with van der Waals surface area (Å²) in [6.07, 6.45) is 3.24. The van der Waals surface area contributed by atoms with Gasteiger partial charge in [0.1, 0.15) is 17.0 Å². The second-order valence-electron chi connectivity index (χ2n) is 10.5. The van der Waals surface area contributed by atoms with E-state index in [0.29, 0.717) is 72.7 Å². The number of benzene rings is 3. The fourth-order valence-electron chi connectivity index (χ4n) is 4.66. The lowest BCUT2D eigenvalue weighted by atomic mass is 10.0. The quantitative estimate of drug-likeness (QED) is 0.105. The molecule has 0 bridgehead atoms. The molecule has 45 heavy (non-hydrogen) atoms. The van der Waals surface area contributed by atoms with Crippen LogP contribution in [0.1, 0.15) is 39.0 Å². The fourth-order valence-corrected chi connectivity index (χ4v) is 4.66. The van der Waals surface area contributed by atoms with E-state index in [1.165, 1.54) is 42.6 Å². The number of nitrogens with one attached hydrogen (secondary N) is 2. The molecular formula is C33H31F2N3O7. The van der Waals surface area contributed by atoms with Gasteiger partial charge in [-0.2, -0.15) is 0 Å². The Morgan fingerprint density at radius 2 is 1.53 bits per heavy atom. The smallest absolute Gasteiger partial charge is 0.303 e. The van der Waals surface area contributed by atoms with Crippen molar-refractivity contribution in [2.75, 3.05) is 23.8 Å². The van der Waals surface area contributed by atoms with Gasteiger partial charge in [-0.15, -0.1) is 0 Å². The molecule has 1 heterocycles. The predicted molar refractivity (Wildman–Crippen MR) is 162 cm³/mol. The van der Waals surface area contributed by atoms with E-state index in [9.17, 15) is 18.8 Å². The van der Waals surface area contributed by atoms with Crippen LogP contribution in [0.2, 0.25) is 0 Å². The van der Waals surface area contributed by atoms with Gasteiger partial charge in [-0.3, -0.25) is 19.4 Å². The molecule has 1 saturated carbocycles. The van der Waals surface area contributed by atoms with Crippen LogP contribution in [0.3, 0.4) is 0 Å². The molecule has 3 N–H and O–H groups in total. The van der Waals surface area contributed by atoms with Crippen LogP contribution in [0.5, 0.6) is 23.0 Å². The average Bonchev–Trinajstić information content (AvgIpc) is 3.82. The second kappa shape index (κ2) is 13.6. The van der Waals surface area contributed by atoms with Gasteiger partial charge in [0.05, 0.1) is 18.7 Å². The third-order valence-electron chi connectivity index (χ3n) is 7.24. The van der Waals surface area contributed by atoms with Gasteiger partial charge in [0.25, 0.3) is 0 Å². The van der Waals surface area contributed by atoms with E-state index in [-0.39, 0.29) is 17.9 Å². The van der Waals surface area contributed by atoms with Crippen LogP contribution in [-0.2, 0) is 14.4 Å². The third kappa shape index (κ3) is 7.46. The van der Waals surface area contributed by atoms with Crippen LogP contribution in [0.4, 0.5) is 20.2 Å². The molecule has 1 aliphatic rings. The molecule has 2 amide bonds. The molecule has 234 valence electrons. The Hall–Kier alpha value is -5.26. The molecule has 0 aliphatic heterocycles. The van der Waals surface area contributed by atoms with Crippen molar-refractivity contribution in [2.45, 2.75) is 39.0 Å². The predicted octanol–water partition coefficient (Wildman–Crippen LogP) is 6.70. The molecule has 12 heteroatoms. The number of ether oxygens (including phenoxy) is 3. The topological polar surface area (TPSA) is 136 Å². The number of rotatable bonds is 14. The maximum Gasteiger partial charge on any atom is 0.303 e. The first-order valence-electron chi connectivity index (χ1n) is 14.4. The number of aliphatic carboxylic acids is 1. The largest absolute Gasteiger partial charge is 0.490 e. The van der Waals surface area contributed by atoms with Crippen molar-refractivity contribution in [3.8, 4) is 23.0 Å². The van der Waals surface area contributed by atoms with Gasteiger partial charge >= 0.3 is 5.97 Å². The van der Waals surface area contributed by atoms with Gasteiger partial charge in [-0.1, -0.05) is 0 Å². The molecule has 5 rings (SSSR count). The Morgan fingerprint density at radius 1 is 0.844 bits per heavy atom. The molecule has 0 unspecified atom stereocenters. The van der Waals surface area contributed by atoms with E-state index in [1.54, 1.807) is 18.2 Å². The summed E-state index contributed by atoms with van der Waals surface area (Å²) in [5, 5.41) is 14.6. The molecule has 0 spiro atoms. The van der Waals surface area contributed by atoms with Crippen molar-refractivity contribution in [3.05, 3.63) is 78.5 Å². The zero-order valence-corrected chi connectivity index (χ0v) is 24.4. The number of aromatic nitrogens is 1. The van der Waals surface area contributed by atoms with Crippen molar-refractivity contribution >= 4 is 40.1 Å². The monoisotopic (exact) mass is 619 g/mol. The summed E-state index contributed by atoms with van der Waals surface area (Å²) in [5.41, 5.74) is -0.278. The summed E-state index contributed by atoms with van der Waals surface area (Å²) in [6.45, 7) is 2.47. The number of carboxylic acid groups (broad SMARTS) is 1. The number of halogens is 2. The number of carboxylic acids is 1. The van der Waals surface area contributed by atoms with Crippen LogP contribution < -0.4 is 24.8 Å². The molecule has 1 aliphatic carbocycles. The average molecular weight is 620 g/mol. The number of carbonyl (C=O) groups is 3. The Kier molecular flexibility index (Phi) is 9.41. The number of hydrogen-bond acceptors (Lipinski definition) is 7. The lowest BCUT2D eigenvalue weighted by molar-refractivity contribution is -0.137. The highest BCUT2D eigenvalue weighted by Gasteiger charge is 2.56. The molecule has 1 aromatic heterocycles. The van der Waals surface area contributed by atoms with Crippen LogP contribution >= 0.6 is 0 Å². The number of fused-ring (bicyclic) bond motifs is 1. The number of hydrogen-bond donors (Lipinski definition) is 3. The van der Waals surface area contributed by atoms with E-state index >= 15 is 4.39 Å². The van der Waals surface area contributed by atoms with Crippen LogP contribution in [0.25, 0.3) is 10.9 Å². The second-order valence-corrected chi connectivity index (χ2v) is 10.5. The molecule has 1 fully saturated rings.